The quantitative estimate of drug-likeness (QED) is 0.365. The lowest BCUT2D eigenvalue weighted by molar-refractivity contribution is -0.380. The Labute approximate surface area is 119 Å². The Morgan fingerprint density at radius 3 is 2.50 bits per heavy atom. The fourth-order valence-corrected chi connectivity index (χ4v) is 2.26. The summed E-state index contributed by atoms with van der Waals surface area (Å²) in [5.41, 5.74) is 0.535. The fourth-order valence-electron chi connectivity index (χ4n) is 1.54. The van der Waals surface area contributed by atoms with E-state index in [1.807, 2.05) is 0 Å². The van der Waals surface area contributed by atoms with Crippen molar-refractivity contribution >= 4 is 28.2 Å². The first-order chi connectivity index (χ1) is 9.60. The van der Waals surface area contributed by atoms with Gasteiger partial charge >= 0.3 is 5.00 Å². The number of rotatable bonds is 5. The van der Waals surface area contributed by atoms with E-state index in [1.54, 1.807) is 43.5 Å². The van der Waals surface area contributed by atoms with Crippen molar-refractivity contribution in [3.05, 3.63) is 63.0 Å². The van der Waals surface area contributed by atoms with Crippen LogP contribution in [0.3, 0.4) is 0 Å². The number of benzene rings is 1. The molecule has 0 amide bonds. The summed E-state index contributed by atoms with van der Waals surface area (Å²) < 4.78 is 5.01. The van der Waals surface area contributed by atoms with Crippen LogP contribution in [0.1, 0.15) is 15.2 Å². The molecule has 0 atom stereocenters. The fraction of sp³-hybridized carbons (Fsp3) is 0.0714. The lowest BCUT2D eigenvalue weighted by atomic mass is 10.1. The van der Waals surface area contributed by atoms with Crippen LogP contribution in [0.2, 0.25) is 0 Å². The first kappa shape index (κ1) is 14.0. The summed E-state index contributed by atoms with van der Waals surface area (Å²) in [6.45, 7) is 0. The third-order valence-corrected chi connectivity index (χ3v) is 3.57. The number of hydrogen-bond acceptors (Lipinski definition) is 5. The van der Waals surface area contributed by atoms with Gasteiger partial charge in [0.2, 0.25) is 0 Å². The molecule has 0 saturated heterocycles. The number of allylic oxidation sites excluding steroid dienone is 1. The molecule has 1 heterocycles. The van der Waals surface area contributed by atoms with Crippen LogP contribution in [0.15, 0.2) is 42.5 Å². The van der Waals surface area contributed by atoms with Crippen LogP contribution < -0.4 is 4.74 Å². The van der Waals surface area contributed by atoms with Gasteiger partial charge in [0, 0.05) is 16.5 Å². The van der Waals surface area contributed by atoms with Crippen molar-refractivity contribution < 1.29 is 14.5 Å². The van der Waals surface area contributed by atoms with Crippen LogP contribution in [0.5, 0.6) is 5.75 Å². The second-order valence-electron chi connectivity index (χ2n) is 3.86. The number of methoxy groups -OCH3 is 1. The highest BCUT2D eigenvalue weighted by molar-refractivity contribution is 7.16. The number of hydrogen-bond donors (Lipinski definition) is 0. The van der Waals surface area contributed by atoms with Crippen molar-refractivity contribution in [3.8, 4) is 5.75 Å². The summed E-state index contributed by atoms with van der Waals surface area (Å²) in [4.78, 5) is 22.7. The van der Waals surface area contributed by atoms with E-state index in [4.69, 9.17) is 4.74 Å². The van der Waals surface area contributed by atoms with Gasteiger partial charge in [0.25, 0.3) is 0 Å². The summed E-state index contributed by atoms with van der Waals surface area (Å²) in [5, 5.41) is 10.6. The van der Waals surface area contributed by atoms with E-state index in [2.05, 4.69) is 0 Å². The number of ether oxygens (including phenoxy) is 1. The molecule has 0 saturated carbocycles. The van der Waals surface area contributed by atoms with Gasteiger partial charge in [-0.25, -0.2) is 0 Å². The highest BCUT2D eigenvalue weighted by Crippen LogP contribution is 2.25. The van der Waals surface area contributed by atoms with Crippen molar-refractivity contribution in [1.82, 2.24) is 0 Å². The SMILES string of the molecule is COc1ccc(C(=O)/C=C/c2ccc([N+](=O)[O-])s2)cc1. The molecular weight excluding hydrogens is 278 g/mol. The monoisotopic (exact) mass is 289 g/mol. The third kappa shape index (κ3) is 3.30. The van der Waals surface area contributed by atoms with Gasteiger partial charge in [0.05, 0.1) is 12.0 Å². The molecule has 20 heavy (non-hydrogen) atoms. The average Bonchev–Trinajstić information content (AvgIpc) is 2.94. The molecule has 2 rings (SSSR count). The predicted octanol–water partition coefficient (Wildman–Crippen LogP) is 3.56. The maximum Gasteiger partial charge on any atom is 0.324 e. The second-order valence-corrected chi connectivity index (χ2v) is 4.95. The van der Waals surface area contributed by atoms with Gasteiger partial charge in [-0.15, -0.1) is 0 Å². The first-order valence-electron chi connectivity index (χ1n) is 5.71. The third-order valence-electron chi connectivity index (χ3n) is 2.57. The van der Waals surface area contributed by atoms with Gasteiger partial charge < -0.3 is 4.74 Å². The Morgan fingerprint density at radius 1 is 1.25 bits per heavy atom. The summed E-state index contributed by atoms with van der Waals surface area (Å²) in [6, 6.07) is 9.78. The van der Waals surface area contributed by atoms with Crippen molar-refractivity contribution in [3.63, 3.8) is 0 Å². The zero-order valence-corrected chi connectivity index (χ0v) is 11.4. The first-order valence-corrected chi connectivity index (χ1v) is 6.52. The Kier molecular flexibility index (Phi) is 4.27. The van der Waals surface area contributed by atoms with Crippen LogP contribution in [0.25, 0.3) is 6.08 Å². The van der Waals surface area contributed by atoms with Crippen LogP contribution in [-0.4, -0.2) is 17.8 Å². The predicted molar refractivity (Wildman–Crippen MR) is 77.3 cm³/mol. The number of nitro groups is 1. The molecule has 0 aliphatic rings. The van der Waals surface area contributed by atoms with Crippen molar-refractivity contribution in [2.24, 2.45) is 0 Å². The largest absolute Gasteiger partial charge is 0.497 e. The standard InChI is InChI=1S/C14H11NO4S/c1-19-11-4-2-10(3-5-11)13(16)8-6-12-7-9-14(20-12)15(17)18/h2-9H,1H3/b8-6+. The molecule has 1 aromatic heterocycles. The molecule has 5 nitrogen and oxygen atoms in total. The molecule has 1 aromatic carbocycles. The summed E-state index contributed by atoms with van der Waals surface area (Å²) >= 11 is 1.03. The minimum atomic E-state index is -0.451. The number of carbonyl (C=O) groups excluding carboxylic acids is 1. The molecule has 102 valence electrons. The van der Waals surface area contributed by atoms with E-state index >= 15 is 0 Å². The van der Waals surface area contributed by atoms with Crippen LogP contribution in [0, 0.1) is 10.1 Å². The Bertz CT molecular complexity index is 658. The van der Waals surface area contributed by atoms with E-state index in [0.29, 0.717) is 16.2 Å². The summed E-state index contributed by atoms with van der Waals surface area (Å²) in [5.74, 6) is 0.517. The molecule has 0 N–H and O–H groups in total. The highest BCUT2D eigenvalue weighted by Gasteiger charge is 2.08. The molecule has 0 aliphatic carbocycles. The minimum Gasteiger partial charge on any atom is -0.497 e. The van der Waals surface area contributed by atoms with Gasteiger partial charge in [-0.1, -0.05) is 11.3 Å². The maximum atomic E-state index is 11.9. The zero-order chi connectivity index (χ0) is 14.5. The molecule has 0 radical (unpaired) electrons. The van der Waals surface area contributed by atoms with Crippen LogP contribution in [-0.2, 0) is 0 Å². The van der Waals surface area contributed by atoms with Crippen LogP contribution in [0.4, 0.5) is 5.00 Å². The van der Waals surface area contributed by atoms with Gasteiger partial charge in [0.1, 0.15) is 5.75 Å². The molecule has 0 unspecified atom stereocenters. The topological polar surface area (TPSA) is 69.4 Å². The van der Waals surface area contributed by atoms with Gasteiger partial charge in [-0.2, -0.15) is 0 Å². The lowest BCUT2D eigenvalue weighted by Crippen LogP contribution is -1.93. The normalized spacial score (nSPS) is 10.7. The number of thiophene rings is 1. The van der Waals surface area contributed by atoms with Crippen molar-refractivity contribution in [2.45, 2.75) is 0 Å². The van der Waals surface area contributed by atoms with E-state index in [1.165, 1.54) is 12.1 Å². The maximum absolute atomic E-state index is 11.9. The van der Waals surface area contributed by atoms with Gasteiger partial charge in [0.15, 0.2) is 5.78 Å². The average molecular weight is 289 g/mol. The van der Waals surface area contributed by atoms with E-state index in [9.17, 15) is 14.9 Å². The second kappa shape index (κ2) is 6.12. The summed E-state index contributed by atoms with van der Waals surface area (Å²) in [7, 11) is 1.56. The van der Waals surface area contributed by atoms with Gasteiger partial charge in [-0.3, -0.25) is 14.9 Å². The Hall–Kier alpha value is -2.47. The van der Waals surface area contributed by atoms with Crippen molar-refractivity contribution in [1.29, 1.82) is 0 Å². The van der Waals surface area contributed by atoms with E-state index in [-0.39, 0.29) is 10.8 Å². The molecule has 0 aliphatic heterocycles. The van der Waals surface area contributed by atoms with Crippen LogP contribution >= 0.6 is 11.3 Å². The number of ketones is 1. The highest BCUT2D eigenvalue weighted by atomic mass is 32.1. The van der Waals surface area contributed by atoms with Gasteiger partial charge in [-0.05, 0) is 42.5 Å². The molecule has 2 aromatic rings. The smallest absolute Gasteiger partial charge is 0.324 e. The lowest BCUT2D eigenvalue weighted by Gasteiger charge is -1.99. The summed E-state index contributed by atoms with van der Waals surface area (Å²) in [6.07, 6.45) is 2.97. The Balaban J connectivity index is 2.09. The molecule has 0 spiro atoms. The molecule has 6 heteroatoms. The van der Waals surface area contributed by atoms with E-state index < -0.39 is 4.92 Å². The number of carbonyl (C=O) groups is 1. The number of nitrogens with zero attached hydrogens (tertiary/aromatic N) is 1. The minimum absolute atomic E-state index is 0.0570. The van der Waals surface area contributed by atoms with E-state index in [0.717, 1.165) is 11.3 Å². The van der Waals surface area contributed by atoms with Crippen molar-refractivity contribution in [2.75, 3.05) is 7.11 Å². The zero-order valence-electron chi connectivity index (χ0n) is 10.6. The molecule has 0 fully saturated rings. The molecular formula is C14H11NO4S. The molecule has 0 bridgehead atoms. The Morgan fingerprint density at radius 2 is 1.95 bits per heavy atom.